The number of ether oxygens (including phenoxy) is 2. The first-order valence-electron chi connectivity index (χ1n) is 20.6. The molecule has 0 radical (unpaired) electrons. The Hall–Kier alpha value is -2.07. The molecule has 3 N–H and O–H groups in total. The molecule has 0 bridgehead atoms. The van der Waals surface area contributed by atoms with Crippen LogP contribution in [0, 0.1) is 0 Å². The third-order valence-corrected chi connectivity index (χ3v) is 9.42. The number of hydrogen-bond acceptors (Lipinski definition) is 9. The molecule has 0 heterocycles. The van der Waals surface area contributed by atoms with Crippen LogP contribution in [0.3, 0.4) is 0 Å². The Morgan fingerprint density at radius 1 is 0.585 bits per heavy atom. The Kier molecular flexibility index (Phi) is 36.7. The van der Waals surface area contributed by atoms with Crippen LogP contribution in [0.4, 0.5) is 0 Å². The lowest BCUT2D eigenvalue weighted by Crippen LogP contribution is -2.29. The molecule has 0 rings (SSSR count). The van der Waals surface area contributed by atoms with E-state index >= 15 is 0 Å². The number of aliphatic hydroxyl groups excluding tert-OH is 2. The number of unbranched alkanes of at least 4 members (excludes halogenated alkanes) is 16. The van der Waals surface area contributed by atoms with Crippen molar-refractivity contribution in [3.8, 4) is 0 Å². The Morgan fingerprint density at radius 2 is 1.04 bits per heavy atom. The molecule has 0 aliphatic heterocycles. The van der Waals surface area contributed by atoms with Crippen LogP contribution in [0.15, 0.2) is 48.6 Å². The van der Waals surface area contributed by atoms with Crippen LogP contribution < -0.4 is 0 Å². The van der Waals surface area contributed by atoms with Gasteiger partial charge >= 0.3 is 19.8 Å². The van der Waals surface area contributed by atoms with E-state index in [1.54, 1.807) is 0 Å². The van der Waals surface area contributed by atoms with Gasteiger partial charge in [-0.3, -0.25) is 18.6 Å². The van der Waals surface area contributed by atoms with Gasteiger partial charge in [0, 0.05) is 12.8 Å². The Morgan fingerprint density at radius 3 is 1.58 bits per heavy atom. The molecule has 0 aromatic carbocycles. The number of carbonyl (C=O) groups is 2. The van der Waals surface area contributed by atoms with Crippen LogP contribution in [-0.4, -0.2) is 65.7 Å². The van der Waals surface area contributed by atoms with Crippen molar-refractivity contribution in [3.63, 3.8) is 0 Å². The second kappa shape index (κ2) is 38.2. The summed E-state index contributed by atoms with van der Waals surface area (Å²) in [4.78, 5) is 34.9. The van der Waals surface area contributed by atoms with Crippen molar-refractivity contribution in [2.75, 3.05) is 26.4 Å². The van der Waals surface area contributed by atoms with Crippen molar-refractivity contribution in [3.05, 3.63) is 48.6 Å². The highest BCUT2D eigenvalue weighted by Crippen LogP contribution is 2.43. The lowest BCUT2D eigenvalue weighted by molar-refractivity contribution is -0.161. The largest absolute Gasteiger partial charge is 0.472 e. The SMILES string of the molecule is CC/C=C\C/C=C\C/C=C\CCCCCCCC(=O)O[C@H](COC(=O)CCCCCCCCC/C=C\CCCCCC)COP(=O)(O)OC[C@@H](O)CO. The first-order valence-corrected chi connectivity index (χ1v) is 22.1. The zero-order valence-corrected chi connectivity index (χ0v) is 34.1. The van der Waals surface area contributed by atoms with Gasteiger partial charge in [0.2, 0.25) is 0 Å². The zero-order valence-electron chi connectivity index (χ0n) is 33.2. The summed E-state index contributed by atoms with van der Waals surface area (Å²) in [7, 11) is -4.62. The summed E-state index contributed by atoms with van der Waals surface area (Å²) in [6.07, 6.45) is 39.3. The fraction of sp³-hybridized carbons (Fsp3) is 0.762. The number of aliphatic hydroxyl groups is 2. The monoisotopic (exact) mass is 771 g/mol. The van der Waals surface area contributed by atoms with E-state index in [2.05, 4.69) is 67.0 Å². The Bertz CT molecular complexity index is 1030. The highest BCUT2D eigenvalue weighted by atomic mass is 31.2. The summed E-state index contributed by atoms with van der Waals surface area (Å²) >= 11 is 0. The van der Waals surface area contributed by atoms with Crippen molar-refractivity contribution in [2.45, 2.75) is 180 Å². The number of allylic oxidation sites excluding steroid dienone is 8. The number of phosphoric acid groups is 1. The summed E-state index contributed by atoms with van der Waals surface area (Å²) in [5.41, 5.74) is 0. The average molecular weight is 771 g/mol. The van der Waals surface area contributed by atoms with Crippen molar-refractivity contribution >= 4 is 19.8 Å². The third kappa shape index (κ3) is 38.0. The number of carbonyl (C=O) groups excluding carboxylic acids is 2. The summed E-state index contributed by atoms with van der Waals surface area (Å²) in [6, 6.07) is 0. The number of phosphoric ester groups is 1. The van der Waals surface area contributed by atoms with Gasteiger partial charge in [-0.15, -0.1) is 0 Å². The second-order valence-corrected chi connectivity index (χ2v) is 15.1. The maximum atomic E-state index is 12.6. The smallest absolute Gasteiger partial charge is 0.462 e. The average Bonchev–Trinajstić information content (AvgIpc) is 3.14. The summed E-state index contributed by atoms with van der Waals surface area (Å²) in [5, 5.41) is 18.3. The first kappa shape index (κ1) is 50.9. The summed E-state index contributed by atoms with van der Waals surface area (Å²) < 4.78 is 32.6. The van der Waals surface area contributed by atoms with E-state index in [1.165, 1.54) is 51.4 Å². The molecule has 53 heavy (non-hydrogen) atoms. The molecule has 0 amide bonds. The lowest BCUT2D eigenvalue weighted by Gasteiger charge is -2.20. The van der Waals surface area contributed by atoms with Gasteiger partial charge in [0.25, 0.3) is 0 Å². The van der Waals surface area contributed by atoms with E-state index in [-0.39, 0.29) is 19.4 Å². The summed E-state index contributed by atoms with van der Waals surface area (Å²) in [6.45, 7) is 2.22. The van der Waals surface area contributed by atoms with Gasteiger partial charge in [0.1, 0.15) is 12.7 Å². The predicted octanol–water partition coefficient (Wildman–Crippen LogP) is 10.6. The van der Waals surface area contributed by atoms with E-state index in [0.717, 1.165) is 77.0 Å². The van der Waals surface area contributed by atoms with Gasteiger partial charge in [-0.2, -0.15) is 0 Å². The highest BCUT2D eigenvalue weighted by molar-refractivity contribution is 7.47. The van der Waals surface area contributed by atoms with Gasteiger partial charge in [0.05, 0.1) is 19.8 Å². The van der Waals surface area contributed by atoms with Crippen LogP contribution in [0.5, 0.6) is 0 Å². The molecule has 0 fully saturated rings. The van der Waals surface area contributed by atoms with E-state index in [0.29, 0.717) is 12.8 Å². The normalized spacial score (nSPS) is 14.4. The van der Waals surface area contributed by atoms with E-state index in [1.807, 2.05) is 0 Å². The van der Waals surface area contributed by atoms with Gasteiger partial charge in [-0.25, -0.2) is 4.57 Å². The third-order valence-electron chi connectivity index (χ3n) is 8.47. The fourth-order valence-electron chi connectivity index (χ4n) is 5.30. The minimum atomic E-state index is -4.62. The molecule has 11 heteroatoms. The molecule has 1 unspecified atom stereocenters. The molecular formula is C42H75O10P. The Balaban J connectivity index is 4.36. The molecule has 308 valence electrons. The first-order chi connectivity index (χ1) is 25.7. The van der Waals surface area contributed by atoms with Crippen LogP contribution in [-0.2, 0) is 32.7 Å². The molecule has 3 atom stereocenters. The topological polar surface area (TPSA) is 149 Å². The van der Waals surface area contributed by atoms with Gasteiger partial charge in [0.15, 0.2) is 6.10 Å². The van der Waals surface area contributed by atoms with Crippen molar-refractivity contribution in [1.29, 1.82) is 0 Å². The minimum Gasteiger partial charge on any atom is -0.462 e. The second-order valence-electron chi connectivity index (χ2n) is 13.6. The number of esters is 2. The maximum absolute atomic E-state index is 12.6. The predicted molar refractivity (Wildman–Crippen MR) is 214 cm³/mol. The molecule has 0 saturated carbocycles. The molecule has 0 spiro atoms. The molecule has 0 aromatic heterocycles. The van der Waals surface area contributed by atoms with Crippen LogP contribution in [0.25, 0.3) is 0 Å². The van der Waals surface area contributed by atoms with Crippen LogP contribution in [0.1, 0.15) is 168 Å². The molecule has 0 aliphatic carbocycles. The van der Waals surface area contributed by atoms with Crippen molar-refractivity contribution < 1.29 is 47.8 Å². The molecule has 10 nitrogen and oxygen atoms in total. The van der Waals surface area contributed by atoms with E-state index in [4.69, 9.17) is 19.1 Å². The van der Waals surface area contributed by atoms with E-state index in [9.17, 15) is 24.2 Å². The van der Waals surface area contributed by atoms with Gasteiger partial charge in [-0.05, 0) is 70.6 Å². The Labute approximate surface area is 322 Å². The van der Waals surface area contributed by atoms with Crippen LogP contribution >= 0.6 is 7.82 Å². The maximum Gasteiger partial charge on any atom is 0.472 e. The van der Waals surface area contributed by atoms with Crippen LogP contribution in [0.2, 0.25) is 0 Å². The number of hydrogen-bond donors (Lipinski definition) is 3. The summed E-state index contributed by atoms with van der Waals surface area (Å²) in [5.74, 6) is -0.952. The standard InChI is InChI=1S/C42H75O10P/c1-3-5-7-9-11-13-15-17-19-21-23-25-27-29-31-33-41(45)49-37-40(38-51-53(47,48)50-36-39(44)35-43)52-42(46)34-32-30-28-26-24-22-20-18-16-14-12-10-8-6-4-2/h6,8,12-15,18,20,39-40,43-44H,3-5,7,9-11,16-17,19,21-38H2,1-2H3,(H,47,48)/b8-6-,14-12-,15-13-,20-18-/t39-,40+/m0/s1. The molecular weight excluding hydrogens is 695 g/mol. The lowest BCUT2D eigenvalue weighted by atomic mass is 10.1. The fourth-order valence-corrected chi connectivity index (χ4v) is 6.08. The van der Waals surface area contributed by atoms with E-state index < -0.39 is 51.8 Å². The zero-order chi connectivity index (χ0) is 39.1. The number of rotatable bonds is 38. The van der Waals surface area contributed by atoms with Crippen molar-refractivity contribution in [1.82, 2.24) is 0 Å². The van der Waals surface area contributed by atoms with Crippen molar-refractivity contribution in [2.24, 2.45) is 0 Å². The molecule has 0 aliphatic rings. The molecule has 0 aromatic rings. The van der Waals surface area contributed by atoms with Gasteiger partial charge in [-0.1, -0.05) is 133 Å². The minimum absolute atomic E-state index is 0.163. The highest BCUT2D eigenvalue weighted by Gasteiger charge is 2.27. The molecule has 0 saturated heterocycles. The quantitative estimate of drug-likeness (QED) is 0.0240. The van der Waals surface area contributed by atoms with Gasteiger partial charge < -0.3 is 24.6 Å².